The number of unbranched alkanes of at least 4 members (excludes halogenated alkanes) is 1. The summed E-state index contributed by atoms with van der Waals surface area (Å²) in [5.41, 5.74) is 1.31. The normalized spacial score (nSPS) is 14.4. The van der Waals surface area contributed by atoms with Crippen molar-refractivity contribution in [3.8, 4) is 5.75 Å². The molecule has 96 valence electrons. The van der Waals surface area contributed by atoms with Crippen LogP contribution in [0.15, 0.2) is 24.3 Å². The lowest BCUT2D eigenvalue weighted by atomic mass is 10.1. The first-order valence-corrected chi connectivity index (χ1v) is 6.57. The monoisotopic (exact) mass is 235 g/mol. The molecular weight excluding hydrogens is 210 g/mol. The summed E-state index contributed by atoms with van der Waals surface area (Å²) in [6, 6.07) is 9.26. The van der Waals surface area contributed by atoms with Crippen molar-refractivity contribution in [1.29, 1.82) is 0 Å². The van der Waals surface area contributed by atoms with E-state index in [-0.39, 0.29) is 0 Å². The summed E-state index contributed by atoms with van der Waals surface area (Å²) in [6.07, 6.45) is 3.81. The summed E-state index contributed by atoms with van der Waals surface area (Å²) >= 11 is 0. The van der Waals surface area contributed by atoms with Crippen molar-refractivity contribution < 1.29 is 4.74 Å². The minimum atomic E-state index is 0.396. The fourth-order valence-corrected chi connectivity index (χ4v) is 2.01. The Morgan fingerprint density at radius 1 is 1.18 bits per heavy atom. The van der Waals surface area contributed by atoms with Crippen LogP contribution >= 0.6 is 0 Å². The number of benzene rings is 1. The predicted molar refractivity (Wildman–Crippen MR) is 73.5 cm³/mol. The van der Waals surface area contributed by atoms with Gasteiger partial charge in [-0.15, -0.1) is 0 Å². The molecule has 1 unspecified atom stereocenters. The third-order valence-corrected chi connectivity index (χ3v) is 3.14. The number of hydrogen-bond donors (Lipinski definition) is 1. The first-order valence-electron chi connectivity index (χ1n) is 6.57. The van der Waals surface area contributed by atoms with Gasteiger partial charge < -0.3 is 10.1 Å². The largest absolute Gasteiger partial charge is 0.497 e. The second kappa shape index (κ2) is 7.33. The third-order valence-electron chi connectivity index (χ3n) is 3.14. The maximum Gasteiger partial charge on any atom is 0.118 e. The van der Waals surface area contributed by atoms with Crippen LogP contribution in [0.5, 0.6) is 5.75 Å². The van der Waals surface area contributed by atoms with E-state index in [1.807, 2.05) is 12.1 Å². The van der Waals surface area contributed by atoms with Crippen molar-refractivity contribution in [2.24, 2.45) is 0 Å². The molecule has 2 heteroatoms. The summed E-state index contributed by atoms with van der Waals surface area (Å²) in [6.45, 7) is 6.71. The molecule has 1 aromatic carbocycles. The highest BCUT2D eigenvalue weighted by atomic mass is 16.5. The van der Waals surface area contributed by atoms with Crippen molar-refractivity contribution in [1.82, 2.24) is 5.32 Å². The maximum absolute atomic E-state index is 5.16. The van der Waals surface area contributed by atoms with Gasteiger partial charge in [-0.25, -0.2) is 0 Å². The van der Waals surface area contributed by atoms with Gasteiger partial charge >= 0.3 is 0 Å². The van der Waals surface area contributed by atoms with Crippen LogP contribution in [0.2, 0.25) is 0 Å². The van der Waals surface area contributed by atoms with E-state index in [2.05, 4.69) is 38.2 Å². The summed E-state index contributed by atoms with van der Waals surface area (Å²) in [7, 11) is 1.70. The van der Waals surface area contributed by atoms with Gasteiger partial charge in [-0.2, -0.15) is 0 Å². The molecule has 0 spiro atoms. The topological polar surface area (TPSA) is 21.3 Å². The van der Waals surface area contributed by atoms with Gasteiger partial charge in [0.1, 0.15) is 5.75 Å². The highest BCUT2D eigenvalue weighted by Gasteiger charge is 2.08. The van der Waals surface area contributed by atoms with Crippen molar-refractivity contribution in [2.45, 2.75) is 52.1 Å². The van der Waals surface area contributed by atoms with E-state index >= 15 is 0 Å². The van der Waals surface area contributed by atoms with Gasteiger partial charge in [0, 0.05) is 12.1 Å². The van der Waals surface area contributed by atoms with Crippen molar-refractivity contribution in [3.63, 3.8) is 0 Å². The van der Waals surface area contributed by atoms with Gasteiger partial charge in [0.05, 0.1) is 7.11 Å². The third kappa shape index (κ3) is 4.78. The standard InChI is InChI=1S/C15H25NO/c1-5-6-7-12(2)16-13(3)14-8-10-15(17-4)11-9-14/h8-13,16H,5-7H2,1-4H3/t12?,13-/m1/s1. The zero-order valence-corrected chi connectivity index (χ0v) is 11.5. The first-order chi connectivity index (χ1) is 8.17. The Morgan fingerprint density at radius 2 is 1.82 bits per heavy atom. The molecule has 0 saturated heterocycles. The Morgan fingerprint density at radius 3 is 2.35 bits per heavy atom. The Kier molecular flexibility index (Phi) is 6.06. The lowest BCUT2D eigenvalue weighted by molar-refractivity contribution is 0.413. The number of ether oxygens (including phenoxy) is 1. The lowest BCUT2D eigenvalue weighted by Crippen LogP contribution is -2.28. The molecule has 0 fully saturated rings. The second-order valence-corrected chi connectivity index (χ2v) is 4.70. The van der Waals surface area contributed by atoms with Crippen molar-refractivity contribution in [2.75, 3.05) is 7.11 Å². The predicted octanol–water partition coefficient (Wildman–Crippen LogP) is 3.92. The van der Waals surface area contributed by atoms with Crippen LogP contribution in [0.3, 0.4) is 0 Å². The van der Waals surface area contributed by atoms with E-state index in [1.165, 1.54) is 24.8 Å². The van der Waals surface area contributed by atoms with Crippen LogP contribution in [0.25, 0.3) is 0 Å². The van der Waals surface area contributed by atoms with Gasteiger partial charge in [0.2, 0.25) is 0 Å². The molecule has 0 bridgehead atoms. The fraction of sp³-hybridized carbons (Fsp3) is 0.600. The van der Waals surface area contributed by atoms with E-state index in [1.54, 1.807) is 7.11 Å². The molecule has 2 atom stereocenters. The highest BCUT2D eigenvalue weighted by Crippen LogP contribution is 2.18. The Labute approximate surface area is 105 Å². The molecular formula is C15H25NO. The Bertz CT molecular complexity index is 307. The van der Waals surface area contributed by atoms with Gasteiger partial charge in [-0.1, -0.05) is 31.9 Å². The van der Waals surface area contributed by atoms with Crippen molar-refractivity contribution >= 4 is 0 Å². The molecule has 0 aromatic heterocycles. The minimum Gasteiger partial charge on any atom is -0.497 e. The average molecular weight is 235 g/mol. The molecule has 0 aliphatic rings. The van der Waals surface area contributed by atoms with Gasteiger partial charge in [0.15, 0.2) is 0 Å². The molecule has 2 nitrogen and oxygen atoms in total. The molecule has 17 heavy (non-hydrogen) atoms. The van der Waals surface area contributed by atoms with Crippen LogP contribution in [-0.4, -0.2) is 13.2 Å². The SMILES string of the molecule is CCCCC(C)N[C@H](C)c1ccc(OC)cc1. The molecule has 1 N–H and O–H groups in total. The van der Waals surface area contributed by atoms with Crippen LogP contribution in [0.4, 0.5) is 0 Å². The van der Waals surface area contributed by atoms with Gasteiger partial charge in [0.25, 0.3) is 0 Å². The molecule has 0 aliphatic carbocycles. The average Bonchev–Trinajstić information content (AvgIpc) is 2.36. The number of hydrogen-bond acceptors (Lipinski definition) is 2. The molecule has 0 radical (unpaired) electrons. The summed E-state index contributed by atoms with van der Waals surface area (Å²) in [5, 5.41) is 3.63. The van der Waals surface area contributed by atoms with E-state index in [9.17, 15) is 0 Å². The summed E-state index contributed by atoms with van der Waals surface area (Å²) in [4.78, 5) is 0. The number of nitrogens with one attached hydrogen (secondary N) is 1. The van der Waals surface area contributed by atoms with Gasteiger partial charge in [-0.05, 0) is 38.0 Å². The quantitative estimate of drug-likeness (QED) is 0.773. The molecule has 1 rings (SSSR count). The Balaban J connectivity index is 2.47. The first kappa shape index (κ1) is 14.0. The summed E-state index contributed by atoms with van der Waals surface area (Å²) < 4.78 is 5.16. The van der Waals surface area contributed by atoms with Crippen molar-refractivity contribution in [3.05, 3.63) is 29.8 Å². The lowest BCUT2D eigenvalue weighted by Gasteiger charge is -2.20. The summed E-state index contributed by atoms with van der Waals surface area (Å²) in [5.74, 6) is 0.917. The zero-order chi connectivity index (χ0) is 12.7. The van der Waals surface area contributed by atoms with Crippen LogP contribution in [-0.2, 0) is 0 Å². The smallest absolute Gasteiger partial charge is 0.118 e. The molecule has 1 aromatic rings. The maximum atomic E-state index is 5.16. The molecule has 0 heterocycles. The molecule has 0 aliphatic heterocycles. The molecule has 0 saturated carbocycles. The van der Waals surface area contributed by atoms with E-state index in [0.29, 0.717) is 12.1 Å². The van der Waals surface area contributed by atoms with Crippen LogP contribution in [0, 0.1) is 0 Å². The van der Waals surface area contributed by atoms with Crippen LogP contribution in [0.1, 0.15) is 51.6 Å². The second-order valence-electron chi connectivity index (χ2n) is 4.70. The molecule has 0 amide bonds. The number of methoxy groups -OCH3 is 1. The Hall–Kier alpha value is -1.02. The minimum absolute atomic E-state index is 0.396. The van der Waals surface area contributed by atoms with Crippen LogP contribution < -0.4 is 10.1 Å². The highest BCUT2D eigenvalue weighted by molar-refractivity contribution is 5.28. The van der Waals surface area contributed by atoms with E-state index in [4.69, 9.17) is 4.74 Å². The van der Waals surface area contributed by atoms with E-state index in [0.717, 1.165) is 5.75 Å². The number of rotatable bonds is 7. The van der Waals surface area contributed by atoms with Gasteiger partial charge in [-0.3, -0.25) is 0 Å². The zero-order valence-electron chi connectivity index (χ0n) is 11.5. The fourth-order valence-electron chi connectivity index (χ4n) is 2.01. The van der Waals surface area contributed by atoms with E-state index < -0.39 is 0 Å².